The third kappa shape index (κ3) is 4.68. The summed E-state index contributed by atoms with van der Waals surface area (Å²) in [4.78, 5) is 0. The Labute approximate surface area is 117 Å². The SMILES string of the molecule is N#CCCCOc1cnn(SCc2ccccc2)c1. The molecule has 0 radical (unpaired) electrons. The smallest absolute Gasteiger partial charge is 0.158 e. The van der Waals surface area contributed by atoms with Crippen molar-refractivity contribution < 1.29 is 4.74 Å². The zero-order valence-electron chi connectivity index (χ0n) is 10.5. The molecule has 0 bridgehead atoms. The van der Waals surface area contributed by atoms with Crippen LogP contribution in [0.4, 0.5) is 0 Å². The van der Waals surface area contributed by atoms with Gasteiger partial charge in [-0.25, -0.2) is 4.09 Å². The third-order valence-electron chi connectivity index (χ3n) is 2.44. The van der Waals surface area contributed by atoms with Crippen molar-refractivity contribution in [2.45, 2.75) is 18.6 Å². The van der Waals surface area contributed by atoms with E-state index in [4.69, 9.17) is 10.00 Å². The normalized spacial score (nSPS) is 10.1. The van der Waals surface area contributed by atoms with Gasteiger partial charge in [-0.15, -0.1) is 0 Å². The number of rotatable bonds is 7. The van der Waals surface area contributed by atoms with E-state index in [0.717, 1.165) is 17.9 Å². The molecule has 2 rings (SSSR count). The first-order valence-electron chi connectivity index (χ1n) is 6.10. The fourth-order valence-electron chi connectivity index (χ4n) is 1.49. The van der Waals surface area contributed by atoms with Crippen LogP contribution >= 0.6 is 11.9 Å². The molecule has 0 saturated carbocycles. The maximum atomic E-state index is 8.42. The summed E-state index contributed by atoms with van der Waals surface area (Å²) >= 11 is 1.61. The second kappa shape index (κ2) is 7.49. The molecule has 1 aromatic heterocycles. The van der Waals surface area contributed by atoms with Gasteiger partial charge in [-0.3, -0.25) is 0 Å². The Morgan fingerprint density at radius 1 is 1.32 bits per heavy atom. The van der Waals surface area contributed by atoms with Crippen LogP contribution in [0.25, 0.3) is 0 Å². The van der Waals surface area contributed by atoms with Crippen molar-refractivity contribution in [2.75, 3.05) is 6.61 Å². The van der Waals surface area contributed by atoms with E-state index in [1.807, 2.05) is 24.4 Å². The molecule has 0 fully saturated rings. The first-order chi connectivity index (χ1) is 9.38. The monoisotopic (exact) mass is 273 g/mol. The zero-order valence-corrected chi connectivity index (χ0v) is 11.3. The summed E-state index contributed by atoms with van der Waals surface area (Å²) in [5.41, 5.74) is 1.26. The van der Waals surface area contributed by atoms with Crippen LogP contribution in [0.2, 0.25) is 0 Å². The van der Waals surface area contributed by atoms with Gasteiger partial charge in [0.05, 0.1) is 25.1 Å². The van der Waals surface area contributed by atoms with Crippen molar-refractivity contribution in [3.05, 3.63) is 48.3 Å². The molecule has 98 valence electrons. The molecule has 5 heteroatoms. The van der Waals surface area contributed by atoms with Crippen LogP contribution in [-0.2, 0) is 5.75 Å². The van der Waals surface area contributed by atoms with E-state index in [0.29, 0.717) is 13.0 Å². The summed E-state index contributed by atoms with van der Waals surface area (Å²) in [5.74, 6) is 1.62. The molecule has 0 unspecified atom stereocenters. The summed E-state index contributed by atoms with van der Waals surface area (Å²) < 4.78 is 7.29. The van der Waals surface area contributed by atoms with Crippen LogP contribution < -0.4 is 4.74 Å². The number of nitriles is 1. The van der Waals surface area contributed by atoms with Crippen LogP contribution in [0.3, 0.4) is 0 Å². The lowest BCUT2D eigenvalue weighted by molar-refractivity contribution is 0.313. The highest BCUT2D eigenvalue weighted by atomic mass is 32.2. The van der Waals surface area contributed by atoms with Crippen LogP contribution in [0.1, 0.15) is 18.4 Å². The van der Waals surface area contributed by atoms with Crippen molar-refractivity contribution >= 4 is 11.9 Å². The number of hydrogen-bond donors (Lipinski definition) is 0. The predicted molar refractivity (Wildman–Crippen MR) is 75.7 cm³/mol. The quantitative estimate of drug-likeness (QED) is 0.727. The standard InChI is InChI=1S/C14H15N3OS/c15-8-4-5-9-18-14-10-16-17(11-14)19-12-13-6-2-1-3-7-13/h1-3,6-7,10-11H,4-5,9,12H2. The maximum Gasteiger partial charge on any atom is 0.158 e. The zero-order chi connectivity index (χ0) is 13.3. The molecule has 4 nitrogen and oxygen atoms in total. The fourth-order valence-corrected chi connectivity index (χ4v) is 2.26. The summed E-state index contributed by atoms with van der Waals surface area (Å²) in [6, 6.07) is 12.3. The van der Waals surface area contributed by atoms with Gasteiger partial charge in [0, 0.05) is 12.2 Å². The van der Waals surface area contributed by atoms with Crippen LogP contribution in [0, 0.1) is 11.3 Å². The van der Waals surface area contributed by atoms with E-state index < -0.39 is 0 Å². The first-order valence-corrected chi connectivity index (χ1v) is 7.04. The lowest BCUT2D eigenvalue weighted by Crippen LogP contribution is -1.95. The van der Waals surface area contributed by atoms with Crippen molar-refractivity contribution in [1.82, 2.24) is 9.19 Å². The van der Waals surface area contributed by atoms with Crippen molar-refractivity contribution in [1.29, 1.82) is 5.26 Å². The predicted octanol–water partition coefficient (Wildman–Crippen LogP) is 3.26. The van der Waals surface area contributed by atoms with Gasteiger partial charge in [0.25, 0.3) is 0 Å². The molecule has 1 heterocycles. The minimum absolute atomic E-state index is 0.525. The summed E-state index contributed by atoms with van der Waals surface area (Å²) in [7, 11) is 0. The maximum absolute atomic E-state index is 8.42. The lowest BCUT2D eigenvalue weighted by Gasteiger charge is -2.01. The number of benzene rings is 1. The highest BCUT2D eigenvalue weighted by Gasteiger charge is 2.00. The largest absolute Gasteiger partial charge is 0.490 e. The van der Waals surface area contributed by atoms with Gasteiger partial charge in [-0.2, -0.15) is 10.4 Å². The molecule has 0 N–H and O–H groups in total. The molecular formula is C14H15N3OS. The highest BCUT2D eigenvalue weighted by Crippen LogP contribution is 2.17. The van der Waals surface area contributed by atoms with E-state index >= 15 is 0 Å². The van der Waals surface area contributed by atoms with Crippen LogP contribution in [-0.4, -0.2) is 15.8 Å². The van der Waals surface area contributed by atoms with Crippen molar-refractivity contribution in [3.63, 3.8) is 0 Å². The molecule has 19 heavy (non-hydrogen) atoms. The van der Waals surface area contributed by atoms with Gasteiger partial charge in [-0.05, 0) is 23.9 Å². The Bertz CT molecular complexity index is 533. The number of aromatic nitrogens is 2. The van der Waals surface area contributed by atoms with E-state index in [9.17, 15) is 0 Å². The third-order valence-corrected chi connectivity index (χ3v) is 3.37. The second-order valence-corrected chi connectivity index (χ2v) is 4.87. The van der Waals surface area contributed by atoms with E-state index in [1.165, 1.54) is 5.56 Å². The van der Waals surface area contributed by atoms with Gasteiger partial charge in [0.2, 0.25) is 0 Å². The second-order valence-electron chi connectivity index (χ2n) is 3.95. The molecule has 0 atom stereocenters. The van der Waals surface area contributed by atoms with Crippen LogP contribution in [0.5, 0.6) is 5.75 Å². The molecule has 1 aromatic carbocycles. The Balaban J connectivity index is 1.76. The summed E-state index contributed by atoms with van der Waals surface area (Å²) in [6.07, 6.45) is 4.83. The van der Waals surface area contributed by atoms with Gasteiger partial charge < -0.3 is 4.74 Å². The Hall–Kier alpha value is -1.93. The van der Waals surface area contributed by atoms with Gasteiger partial charge in [0.15, 0.2) is 5.75 Å². The van der Waals surface area contributed by atoms with Gasteiger partial charge >= 0.3 is 0 Å². The van der Waals surface area contributed by atoms with E-state index in [1.54, 1.807) is 22.2 Å². The molecule has 0 amide bonds. The first kappa shape index (κ1) is 13.5. The molecule has 0 aliphatic carbocycles. The molecular weight excluding hydrogens is 258 g/mol. The van der Waals surface area contributed by atoms with Gasteiger partial charge in [-0.1, -0.05) is 30.3 Å². The van der Waals surface area contributed by atoms with Crippen molar-refractivity contribution in [2.24, 2.45) is 0 Å². The average Bonchev–Trinajstić information content (AvgIpc) is 2.91. The number of hydrogen-bond acceptors (Lipinski definition) is 4. The van der Waals surface area contributed by atoms with Gasteiger partial charge in [0.1, 0.15) is 0 Å². The summed E-state index contributed by atoms with van der Waals surface area (Å²) in [5, 5.41) is 12.6. The van der Waals surface area contributed by atoms with E-state index in [-0.39, 0.29) is 0 Å². The van der Waals surface area contributed by atoms with Crippen molar-refractivity contribution in [3.8, 4) is 11.8 Å². The topological polar surface area (TPSA) is 50.8 Å². The highest BCUT2D eigenvalue weighted by molar-refractivity contribution is 7.96. The number of unbranched alkanes of at least 4 members (excludes halogenated alkanes) is 1. The van der Waals surface area contributed by atoms with E-state index in [2.05, 4.69) is 23.3 Å². The molecule has 2 aromatic rings. The Morgan fingerprint density at radius 2 is 2.16 bits per heavy atom. The molecule has 0 aliphatic heterocycles. The lowest BCUT2D eigenvalue weighted by atomic mass is 10.2. The molecule has 0 spiro atoms. The Morgan fingerprint density at radius 3 is 2.95 bits per heavy atom. The molecule has 0 saturated heterocycles. The minimum atomic E-state index is 0.525. The minimum Gasteiger partial charge on any atom is -0.490 e. The fraction of sp³-hybridized carbons (Fsp3) is 0.286. The summed E-state index contributed by atoms with van der Waals surface area (Å²) in [6.45, 7) is 0.558. The van der Waals surface area contributed by atoms with Crippen LogP contribution in [0.15, 0.2) is 42.7 Å². The Kier molecular flexibility index (Phi) is 5.32. The molecule has 0 aliphatic rings. The average molecular weight is 273 g/mol. The number of ether oxygens (including phenoxy) is 1. The number of nitrogens with zero attached hydrogens (tertiary/aromatic N) is 3.